The number of nitrogens with zero attached hydrogens (tertiary/aromatic N) is 1. The second kappa shape index (κ2) is 6.58. The molecule has 0 saturated carbocycles. The normalized spacial score (nSPS) is 10.3. The first kappa shape index (κ1) is 14.6. The molecule has 0 bridgehead atoms. The molecule has 4 nitrogen and oxygen atoms in total. The highest BCUT2D eigenvalue weighted by atomic mass is 35.5. The van der Waals surface area contributed by atoms with E-state index >= 15 is 0 Å². The number of hydrogen-bond acceptors (Lipinski definition) is 4. The number of rotatable bonds is 4. The van der Waals surface area contributed by atoms with E-state index in [1.54, 1.807) is 12.1 Å². The van der Waals surface area contributed by atoms with Gasteiger partial charge in [0.1, 0.15) is 5.82 Å². The molecule has 20 heavy (non-hydrogen) atoms. The van der Waals surface area contributed by atoms with E-state index < -0.39 is 5.82 Å². The van der Waals surface area contributed by atoms with Crippen molar-refractivity contribution in [3.63, 3.8) is 0 Å². The molecular weight excluding hydrogens is 301 g/mol. The molecule has 2 rings (SSSR count). The van der Waals surface area contributed by atoms with E-state index in [1.165, 1.54) is 30.1 Å². The van der Waals surface area contributed by atoms with Crippen LogP contribution in [0.25, 0.3) is 0 Å². The van der Waals surface area contributed by atoms with Crippen molar-refractivity contribution in [1.29, 1.82) is 0 Å². The predicted molar refractivity (Wildman–Crippen MR) is 79.4 cm³/mol. The molecule has 7 heteroatoms. The second-order valence-corrected chi connectivity index (χ2v) is 5.32. The number of nitrogen functional groups attached to an aromatic ring is 1. The van der Waals surface area contributed by atoms with Gasteiger partial charge < -0.3 is 11.1 Å². The van der Waals surface area contributed by atoms with Crippen LogP contribution in [-0.4, -0.2) is 16.6 Å². The highest BCUT2D eigenvalue weighted by Crippen LogP contribution is 2.20. The molecule has 0 spiro atoms. The zero-order valence-electron chi connectivity index (χ0n) is 10.3. The Labute approximate surface area is 124 Å². The number of halogens is 2. The lowest BCUT2D eigenvalue weighted by molar-refractivity contribution is -0.113. The standard InChI is InChI=1S/C13H11ClFN3OS/c14-8-1-3-11(10(15)5-8)18-12(19)7-20-13-4-2-9(16)6-17-13/h1-6H,7,16H2,(H,18,19). The Morgan fingerprint density at radius 2 is 2.20 bits per heavy atom. The van der Waals surface area contributed by atoms with Gasteiger partial charge in [0.2, 0.25) is 5.91 Å². The third kappa shape index (κ3) is 4.11. The number of carbonyl (C=O) groups excluding carboxylic acids is 1. The monoisotopic (exact) mass is 311 g/mol. The molecule has 1 aromatic carbocycles. The van der Waals surface area contributed by atoms with Crippen molar-refractivity contribution in [2.45, 2.75) is 5.03 Å². The number of nitrogens with one attached hydrogen (secondary N) is 1. The van der Waals surface area contributed by atoms with Crippen molar-refractivity contribution >= 4 is 40.6 Å². The predicted octanol–water partition coefficient (Wildman–Crippen LogP) is 3.19. The van der Waals surface area contributed by atoms with E-state index in [0.717, 1.165) is 6.07 Å². The van der Waals surface area contributed by atoms with Gasteiger partial charge in [-0.25, -0.2) is 9.37 Å². The summed E-state index contributed by atoms with van der Waals surface area (Å²) in [4.78, 5) is 15.8. The topological polar surface area (TPSA) is 68.0 Å². The van der Waals surface area contributed by atoms with Gasteiger partial charge in [-0.15, -0.1) is 0 Å². The highest BCUT2D eigenvalue weighted by molar-refractivity contribution is 7.99. The van der Waals surface area contributed by atoms with Crippen LogP contribution in [0.4, 0.5) is 15.8 Å². The molecule has 0 saturated heterocycles. The molecule has 1 aromatic heterocycles. The van der Waals surface area contributed by atoms with E-state index in [0.29, 0.717) is 10.7 Å². The van der Waals surface area contributed by atoms with Crippen molar-refractivity contribution in [2.75, 3.05) is 16.8 Å². The van der Waals surface area contributed by atoms with Gasteiger partial charge >= 0.3 is 0 Å². The van der Waals surface area contributed by atoms with Crippen LogP contribution in [0.1, 0.15) is 0 Å². The van der Waals surface area contributed by atoms with Gasteiger partial charge in [0.05, 0.1) is 28.4 Å². The lowest BCUT2D eigenvalue weighted by atomic mass is 10.3. The van der Waals surface area contributed by atoms with Crippen molar-refractivity contribution in [2.24, 2.45) is 0 Å². The number of carbonyl (C=O) groups is 1. The molecule has 0 unspecified atom stereocenters. The Bertz CT molecular complexity index is 622. The van der Waals surface area contributed by atoms with Gasteiger partial charge in [-0.05, 0) is 30.3 Å². The summed E-state index contributed by atoms with van der Waals surface area (Å²) in [5, 5.41) is 3.42. The summed E-state index contributed by atoms with van der Waals surface area (Å²) in [6.07, 6.45) is 1.51. The molecule has 0 fully saturated rings. The molecule has 104 valence electrons. The van der Waals surface area contributed by atoms with Crippen LogP contribution in [0.2, 0.25) is 5.02 Å². The minimum atomic E-state index is -0.568. The van der Waals surface area contributed by atoms with Crippen LogP contribution in [-0.2, 0) is 4.79 Å². The quantitative estimate of drug-likeness (QED) is 0.851. The molecule has 1 heterocycles. The van der Waals surface area contributed by atoms with Gasteiger partial charge in [0.15, 0.2) is 0 Å². The number of anilines is 2. The van der Waals surface area contributed by atoms with E-state index in [1.807, 2.05) is 0 Å². The van der Waals surface area contributed by atoms with Crippen LogP contribution < -0.4 is 11.1 Å². The first-order valence-corrected chi connectivity index (χ1v) is 7.00. The minimum Gasteiger partial charge on any atom is -0.397 e. The number of benzene rings is 1. The number of nitrogens with two attached hydrogens (primary N) is 1. The Morgan fingerprint density at radius 1 is 1.40 bits per heavy atom. The number of pyridine rings is 1. The van der Waals surface area contributed by atoms with Gasteiger partial charge in [0.25, 0.3) is 0 Å². The van der Waals surface area contributed by atoms with Crippen LogP contribution in [0.5, 0.6) is 0 Å². The molecule has 0 aliphatic carbocycles. The summed E-state index contributed by atoms with van der Waals surface area (Å²) in [6.45, 7) is 0. The smallest absolute Gasteiger partial charge is 0.234 e. The summed E-state index contributed by atoms with van der Waals surface area (Å²) in [6, 6.07) is 7.49. The fraction of sp³-hybridized carbons (Fsp3) is 0.0769. The first-order chi connectivity index (χ1) is 9.54. The Balaban J connectivity index is 1.90. The molecule has 0 atom stereocenters. The van der Waals surface area contributed by atoms with Crippen molar-refractivity contribution in [3.8, 4) is 0 Å². The van der Waals surface area contributed by atoms with Crippen LogP contribution >= 0.6 is 23.4 Å². The largest absolute Gasteiger partial charge is 0.397 e. The maximum Gasteiger partial charge on any atom is 0.234 e. The summed E-state index contributed by atoms with van der Waals surface area (Å²) in [7, 11) is 0. The Morgan fingerprint density at radius 3 is 2.85 bits per heavy atom. The molecule has 0 radical (unpaired) electrons. The van der Waals surface area contributed by atoms with Crippen LogP contribution in [0.3, 0.4) is 0 Å². The summed E-state index contributed by atoms with van der Waals surface area (Å²) in [5.74, 6) is -0.768. The van der Waals surface area contributed by atoms with Crippen molar-refractivity contribution in [3.05, 3.63) is 47.4 Å². The summed E-state index contributed by atoms with van der Waals surface area (Å²) >= 11 is 6.87. The third-order valence-electron chi connectivity index (χ3n) is 2.32. The average molecular weight is 312 g/mol. The number of thioether (sulfide) groups is 1. The Kier molecular flexibility index (Phi) is 4.81. The van der Waals surface area contributed by atoms with Crippen LogP contribution in [0.15, 0.2) is 41.6 Å². The summed E-state index contributed by atoms with van der Waals surface area (Å²) in [5.41, 5.74) is 6.17. The zero-order chi connectivity index (χ0) is 14.5. The maximum absolute atomic E-state index is 13.5. The lowest BCUT2D eigenvalue weighted by Gasteiger charge is -2.06. The fourth-order valence-corrected chi connectivity index (χ4v) is 2.20. The number of amides is 1. The molecule has 3 N–H and O–H groups in total. The van der Waals surface area contributed by atoms with Gasteiger partial charge in [0, 0.05) is 5.02 Å². The zero-order valence-corrected chi connectivity index (χ0v) is 11.8. The number of hydrogen-bond donors (Lipinski definition) is 2. The average Bonchev–Trinajstić information content (AvgIpc) is 2.41. The lowest BCUT2D eigenvalue weighted by Crippen LogP contribution is -2.15. The molecule has 0 aliphatic heterocycles. The second-order valence-electron chi connectivity index (χ2n) is 3.89. The third-order valence-corrected chi connectivity index (χ3v) is 3.49. The van der Waals surface area contributed by atoms with E-state index in [-0.39, 0.29) is 22.4 Å². The van der Waals surface area contributed by atoms with Gasteiger partial charge in [-0.3, -0.25) is 4.79 Å². The fourth-order valence-electron chi connectivity index (χ4n) is 1.39. The maximum atomic E-state index is 13.5. The van der Waals surface area contributed by atoms with E-state index in [9.17, 15) is 9.18 Å². The molecule has 0 aliphatic rings. The minimum absolute atomic E-state index is 0.102. The first-order valence-electron chi connectivity index (χ1n) is 5.64. The summed E-state index contributed by atoms with van der Waals surface area (Å²) < 4.78 is 13.5. The van der Waals surface area contributed by atoms with Crippen molar-refractivity contribution in [1.82, 2.24) is 4.98 Å². The van der Waals surface area contributed by atoms with Gasteiger partial charge in [-0.2, -0.15) is 0 Å². The number of aromatic nitrogens is 1. The molecule has 2 aromatic rings. The van der Waals surface area contributed by atoms with Crippen molar-refractivity contribution < 1.29 is 9.18 Å². The van der Waals surface area contributed by atoms with Gasteiger partial charge in [-0.1, -0.05) is 23.4 Å². The van der Waals surface area contributed by atoms with E-state index in [4.69, 9.17) is 17.3 Å². The molecule has 1 amide bonds. The SMILES string of the molecule is Nc1ccc(SCC(=O)Nc2ccc(Cl)cc2F)nc1. The highest BCUT2D eigenvalue weighted by Gasteiger charge is 2.08. The van der Waals surface area contributed by atoms with Crippen LogP contribution in [0, 0.1) is 5.82 Å². The Hall–Kier alpha value is -1.79. The molecular formula is C13H11ClFN3OS. The van der Waals surface area contributed by atoms with E-state index in [2.05, 4.69) is 10.3 Å².